The van der Waals surface area contributed by atoms with Gasteiger partial charge in [0.1, 0.15) is 0 Å². The van der Waals surface area contributed by atoms with E-state index in [2.05, 4.69) is 19.9 Å². The minimum absolute atomic E-state index is 0.113. The van der Waals surface area contributed by atoms with Crippen molar-refractivity contribution in [1.82, 2.24) is 19.9 Å². The topological polar surface area (TPSA) is 78.0 Å². The molecular weight excluding hydrogens is 335 g/mol. The van der Waals surface area contributed by atoms with Crippen LogP contribution in [-0.4, -0.2) is 46.1 Å². The molecule has 0 amide bonds. The largest absolute Gasteiger partial charge is 0.352 e. The SMILES string of the molecule is Cc1nc2ccccc2nc1N1CCN(c2nc(C)c(F)c(=O)[nH]2)CC1. The van der Waals surface area contributed by atoms with Crippen molar-refractivity contribution in [2.75, 3.05) is 36.0 Å². The summed E-state index contributed by atoms with van der Waals surface area (Å²) in [5.74, 6) is 0.462. The highest BCUT2D eigenvalue weighted by Gasteiger charge is 2.22. The molecule has 26 heavy (non-hydrogen) atoms. The van der Waals surface area contributed by atoms with E-state index < -0.39 is 11.4 Å². The predicted octanol–water partition coefficient (Wildman–Crippen LogP) is 1.80. The Hall–Kier alpha value is -3.03. The molecule has 0 atom stereocenters. The first-order chi connectivity index (χ1) is 12.5. The van der Waals surface area contributed by atoms with Crippen molar-refractivity contribution in [2.45, 2.75) is 13.8 Å². The van der Waals surface area contributed by atoms with E-state index in [0.29, 0.717) is 32.1 Å². The summed E-state index contributed by atoms with van der Waals surface area (Å²) in [4.78, 5) is 31.8. The van der Waals surface area contributed by atoms with Crippen molar-refractivity contribution >= 4 is 22.8 Å². The Labute approximate surface area is 149 Å². The first kappa shape index (κ1) is 16.4. The zero-order valence-corrected chi connectivity index (χ0v) is 14.7. The Kier molecular flexibility index (Phi) is 4.02. The molecule has 1 aliphatic heterocycles. The number of H-pyrrole nitrogens is 1. The molecule has 1 aliphatic rings. The molecule has 0 aliphatic carbocycles. The van der Waals surface area contributed by atoms with Crippen LogP contribution in [0.2, 0.25) is 0 Å². The summed E-state index contributed by atoms with van der Waals surface area (Å²) < 4.78 is 13.5. The van der Waals surface area contributed by atoms with Gasteiger partial charge >= 0.3 is 0 Å². The number of nitrogens with one attached hydrogen (secondary N) is 1. The highest BCUT2D eigenvalue weighted by Crippen LogP contribution is 2.22. The maximum Gasteiger partial charge on any atom is 0.288 e. The lowest BCUT2D eigenvalue weighted by Gasteiger charge is -2.36. The van der Waals surface area contributed by atoms with Crippen LogP contribution in [-0.2, 0) is 0 Å². The van der Waals surface area contributed by atoms with E-state index in [0.717, 1.165) is 22.5 Å². The third-order valence-corrected chi connectivity index (χ3v) is 4.61. The van der Waals surface area contributed by atoms with Crippen LogP contribution < -0.4 is 15.4 Å². The number of aryl methyl sites for hydroxylation is 2. The Balaban J connectivity index is 1.55. The maximum absolute atomic E-state index is 13.5. The second-order valence-corrected chi connectivity index (χ2v) is 6.38. The molecule has 0 spiro atoms. The first-order valence-corrected chi connectivity index (χ1v) is 8.52. The van der Waals surface area contributed by atoms with Crippen molar-refractivity contribution in [3.8, 4) is 0 Å². The molecule has 1 fully saturated rings. The van der Waals surface area contributed by atoms with Crippen LogP contribution in [0.5, 0.6) is 0 Å². The summed E-state index contributed by atoms with van der Waals surface area (Å²) in [6.45, 7) is 6.20. The molecule has 0 radical (unpaired) electrons. The van der Waals surface area contributed by atoms with Crippen molar-refractivity contribution in [3.05, 3.63) is 51.8 Å². The number of halogens is 1. The van der Waals surface area contributed by atoms with E-state index in [4.69, 9.17) is 4.98 Å². The smallest absolute Gasteiger partial charge is 0.288 e. The van der Waals surface area contributed by atoms with E-state index in [1.807, 2.05) is 36.1 Å². The molecule has 2 aromatic heterocycles. The van der Waals surface area contributed by atoms with Gasteiger partial charge in [-0.2, -0.15) is 4.39 Å². The average Bonchev–Trinajstić information content (AvgIpc) is 2.65. The van der Waals surface area contributed by atoms with Gasteiger partial charge in [-0.1, -0.05) is 12.1 Å². The number of aromatic amines is 1. The molecule has 3 aromatic rings. The summed E-state index contributed by atoms with van der Waals surface area (Å²) in [7, 11) is 0. The fraction of sp³-hybridized carbons (Fsp3) is 0.333. The highest BCUT2D eigenvalue weighted by molar-refractivity contribution is 5.76. The minimum atomic E-state index is -0.825. The Morgan fingerprint density at radius 2 is 1.54 bits per heavy atom. The zero-order chi connectivity index (χ0) is 18.3. The third-order valence-electron chi connectivity index (χ3n) is 4.61. The molecule has 1 aromatic carbocycles. The number of hydrogen-bond acceptors (Lipinski definition) is 6. The number of piperazine rings is 1. The van der Waals surface area contributed by atoms with Gasteiger partial charge in [0, 0.05) is 26.2 Å². The number of anilines is 2. The van der Waals surface area contributed by atoms with E-state index in [9.17, 15) is 9.18 Å². The monoisotopic (exact) mass is 354 g/mol. The molecule has 4 rings (SSSR count). The van der Waals surface area contributed by atoms with E-state index >= 15 is 0 Å². The predicted molar refractivity (Wildman–Crippen MR) is 98.3 cm³/mol. The van der Waals surface area contributed by atoms with Crippen LogP contribution in [0, 0.1) is 19.7 Å². The van der Waals surface area contributed by atoms with Crippen molar-refractivity contribution in [3.63, 3.8) is 0 Å². The molecular formula is C18H19FN6O. The quantitative estimate of drug-likeness (QED) is 0.756. The van der Waals surface area contributed by atoms with Gasteiger partial charge in [-0.25, -0.2) is 15.0 Å². The number of rotatable bonds is 2. The normalized spacial score (nSPS) is 14.9. The number of para-hydroxylation sites is 2. The van der Waals surface area contributed by atoms with Gasteiger partial charge in [0.25, 0.3) is 5.56 Å². The molecule has 0 saturated carbocycles. The first-order valence-electron chi connectivity index (χ1n) is 8.52. The standard InChI is InChI=1S/C18H19FN6O/c1-11-15(19)17(26)23-18(21-11)25-9-7-24(8-10-25)16-12(2)20-13-5-3-4-6-14(13)22-16/h3-6H,7-10H2,1-2H3,(H,21,23,26). The fourth-order valence-corrected chi connectivity index (χ4v) is 3.21. The maximum atomic E-state index is 13.5. The van der Waals surface area contributed by atoms with Crippen molar-refractivity contribution in [2.24, 2.45) is 0 Å². The zero-order valence-electron chi connectivity index (χ0n) is 14.7. The van der Waals surface area contributed by atoms with Gasteiger partial charge in [-0.3, -0.25) is 9.78 Å². The molecule has 134 valence electrons. The van der Waals surface area contributed by atoms with Crippen LogP contribution in [0.4, 0.5) is 16.2 Å². The third kappa shape index (κ3) is 2.87. The number of nitrogens with zero attached hydrogens (tertiary/aromatic N) is 5. The Morgan fingerprint density at radius 3 is 2.19 bits per heavy atom. The lowest BCUT2D eigenvalue weighted by atomic mass is 10.2. The van der Waals surface area contributed by atoms with Crippen LogP contribution in [0.15, 0.2) is 29.1 Å². The van der Waals surface area contributed by atoms with Gasteiger partial charge in [-0.05, 0) is 26.0 Å². The lowest BCUT2D eigenvalue weighted by molar-refractivity contribution is 0.578. The van der Waals surface area contributed by atoms with Crippen LogP contribution in [0.3, 0.4) is 0 Å². The van der Waals surface area contributed by atoms with Gasteiger partial charge in [-0.15, -0.1) is 0 Å². The van der Waals surface area contributed by atoms with E-state index in [-0.39, 0.29) is 5.69 Å². The highest BCUT2D eigenvalue weighted by atomic mass is 19.1. The molecule has 7 nitrogen and oxygen atoms in total. The van der Waals surface area contributed by atoms with Crippen molar-refractivity contribution in [1.29, 1.82) is 0 Å². The second kappa shape index (κ2) is 6.36. The second-order valence-electron chi connectivity index (χ2n) is 6.38. The molecule has 8 heteroatoms. The molecule has 0 bridgehead atoms. The molecule has 1 N–H and O–H groups in total. The summed E-state index contributed by atoms with van der Waals surface area (Å²) in [6.07, 6.45) is 0. The lowest BCUT2D eigenvalue weighted by Crippen LogP contribution is -2.48. The van der Waals surface area contributed by atoms with E-state index in [1.165, 1.54) is 6.92 Å². The van der Waals surface area contributed by atoms with Crippen LogP contribution in [0.1, 0.15) is 11.4 Å². The Morgan fingerprint density at radius 1 is 0.923 bits per heavy atom. The summed E-state index contributed by atoms with van der Waals surface area (Å²) in [5, 5.41) is 0. The number of fused-ring (bicyclic) bond motifs is 1. The summed E-state index contributed by atoms with van der Waals surface area (Å²) >= 11 is 0. The van der Waals surface area contributed by atoms with Gasteiger partial charge in [0.2, 0.25) is 11.8 Å². The molecule has 3 heterocycles. The van der Waals surface area contributed by atoms with E-state index in [1.54, 1.807) is 0 Å². The van der Waals surface area contributed by atoms with Gasteiger partial charge in [0.05, 0.1) is 22.4 Å². The van der Waals surface area contributed by atoms with Crippen molar-refractivity contribution < 1.29 is 4.39 Å². The van der Waals surface area contributed by atoms with Gasteiger partial charge < -0.3 is 9.80 Å². The molecule has 0 unspecified atom stereocenters. The number of aromatic nitrogens is 4. The number of benzene rings is 1. The van der Waals surface area contributed by atoms with Gasteiger partial charge in [0.15, 0.2) is 5.82 Å². The summed E-state index contributed by atoms with van der Waals surface area (Å²) in [6, 6.07) is 7.81. The number of hydrogen-bond donors (Lipinski definition) is 1. The fourth-order valence-electron chi connectivity index (χ4n) is 3.21. The van der Waals surface area contributed by atoms with Crippen LogP contribution in [0.25, 0.3) is 11.0 Å². The minimum Gasteiger partial charge on any atom is -0.352 e. The Bertz CT molecular complexity index is 1030. The van der Waals surface area contributed by atoms with Crippen LogP contribution >= 0.6 is 0 Å². The molecule has 1 saturated heterocycles. The average molecular weight is 354 g/mol. The summed E-state index contributed by atoms with van der Waals surface area (Å²) in [5.41, 5.74) is 2.03.